The largest absolute Gasteiger partial charge is 0.377 e. The van der Waals surface area contributed by atoms with Gasteiger partial charge in [-0.05, 0) is 13.3 Å². The number of nitrogens with one attached hydrogen (secondary N) is 2. The van der Waals surface area contributed by atoms with Crippen molar-refractivity contribution in [2.45, 2.75) is 104 Å². The molecule has 2 N–H and O–H groups in total. The molecule has 0 bridgehead atoms. The summed E-state index contributed by atoms with van der Waals surface area (Å²) in [5.41, 5.74) is 0. The van der Waals surface area contributed by atoms with Gasteiger partial charge in [0.05, 0.1) is 19.8 Å². The van der Waals surface area contributed by atoms with Crippen molar-refractivity contribution < 1.29 is 19.1 Å². The quantitative estimate of drug-likeness (QED) is 0.230. The molecule has 0 aliphatic heterocycles. The molecule has 6 heteroatoms. The Morgan fingerprint density at radius 2 is 1.13 bits per heavy atom. The molecule has 0 aromatic rings. The lowest BCUT2D eigenvalue weighted by Gasteiger charge is -2.07. The fourth-order valence-corrected chi connectivity index (χ4v) is 3.29. The lowest BCUT2D eigenvalue weighted by Crippen LogP contribution is -2.28. The number of amides is 2. The van der Waals surface area contributed by atoms with Crippen molar-refractivity contribution in [2.75, 3.05) is 39.5 Å². The molecule has 0 atom stereocenters. The Hall–Kier alpha value is -1.14. The number of ether oxygens (including phenoxy) is 2. The minimum Gasteiger partial charge on any atom is -0.377 e. The molecule has 0 saturated heterocycles. The summed E-state index contributed by atoms with van der Waals surface area (Å²) < 4.78 is 10.6. The maximum absolute atomic E-state index is 11.8. The molecule has 0 saturated carbocycles. The maximum atomic E-state index is 11.8. The average molecular weight is 429 g/mol. The van der Waals surface area contributed by atoms with Gasteiger partial charge in [0.15, 0.2) is 0 Å². The average Bonchev–Trinajstić information content (AvgIpc) is 2.73. The van der Waals surface area contributed by atoms with Gasteiger partial charge in [-0.25, -0.2) is 0 Å². The van der Waals surface area contributed by atoms with Gasteiger partial charge in [0.1, 0.15) is 6.61 Å². The minimum atomic E-state index is -0.113. The van der Waals surface area contributed by atoms with Gasteiger partial charge in [0.2, 0.25) is 11.8 Å². The highest BCUT2D eigenvalue weighted by atomic mass is 16.5. The van der Waals surface area contributed by atoms with Crippen molar-refractivity contribution in [1.82, 2.24) is 10.6 Å². The zero-order chi connectivity index (χ0) is 22.1. The van der Waals surface area contributed by atoms with E-state index in [1.165, 1.54) is 70.6 Å². The molecule has 0 spiro atoms. The van der Waals surface area contributed by atoms with E-state index in [-0.39, 0.29) is 18.4 Å². The summed E-state index contributed by atoms with van der Waals surface area (Å²) in [7, 11) is 0. The van der Waals surface area contributed by atoms with E-state index in [0.717, 1.165) is 12.8 Å². The summed E-state index contributed by atoms with van der Waals surface area (Å²) in [6.07, 6.45) is 17.7. The molecule has 6 nitrogen and oxygen atoms in total. The lowest BCUT2D eigenvalue weighted by molar-refractivity contribution is -0.126. The molecule has 2 amide bonds. The third-order valence-corrected chi connectivity index (χ3v) is 5.06. The van der Waals surface area contributed by atoms with Gasteiger partial charge in [-0.15, -0.1) is 0 Å². The number of hydrogen-bond acceptors (Lipinski definition) is 4. The number of hydrogen-bond donors (Lipinski definition) is 2. The van der Waals surface area contributed by atoms with Crippen LogP contribution in [0.2, 0.25) is 0 Å². The molecule has 178 valence electrons. The molecule has 0 fully saturated rings. The van der Waals surface area contributed by atoms with Gasteiger partial charge in [-0.3, -0.25) is 9.59 Å². The lowest BCUT2D eigenvalue weighted by atomic mass is 10.0. The summed E-state index contributed by atoms with van der Waals surface area (Å²) in [5, 5.41) is 5.54. The van der Waals surface area contributed by atoms with E-state index in [0.29, 0.717) is 39.3 Å². The first-order valence-corrected chi connectivity index (χ1v) is 12.4. The minimum absolute atomic E-state index is 0.0626. The van der Waals surface area contributed by atoms with Gasteiger partial charge < -0.3 is 20.1 Å². The van der Waals surface area contributed by atoms with Crippen LogP contribution in [0.25, 0.3) is 0 Å². The summed E-state index contributed by atoms with van der Waals surface area (Å²) in [6, 6.07) is 0. The highest BCUT2D eigenvalue weighted by Crippen LogP contribution is 2.12. The van der Waals surface area contributed by atoms with Crippen LogP contribution in [0.5, 0.6) is 0 Å². The molecule has 0 aliphatic carbocycles. The molecule has 0 rings (SSSR count). The molecule has 0 aliphatic rings. The summed E-state index contributed by atoms with van der Waals surface area (Å²) in [6.45, 7) is 6.60. The fourth-order valence-electron chi connectivity index (χ4n) is 3.29. The van der Waals surface area contributed by atoms with Crippen molar-refractivity contribution in [2.24, 2.45) is 0 Å². The van der Waals surface area contributed by atoms with E-state index in [1.54, 1.807) is 0 Å². The zero-order valence-corrected chi connectivity index (χ0v) is 19.8. The Labute approximate surface area is 185 Å². The predicted molar refractivity (Wildman–Crippen MR) is 124 cm³/mol. The van der Waals surface area contributed by atoms with E-state index in [4.69, 9.17) is 9.47 Å². The highest BCUT2D eigenvalue weighted by molar-refractivity contribution is 5.77. The van der Waals surface area contributed by atoms with Crippen LogP contribution in [-0.4, -0.2) is 51.3 Å². The van der Waals surface area contributed by atoms with E-state index in [9.17, 15) is 9.59 Å². The fraction of sp³-hybridized carbons (Fsp3) is 0.917. The van der Waals surface area contributed by atoms with Crippen LogP contribution in [0.15, 0.2) is 0 Å². The third-order valence-electron chi connectivity index (χ3n) is 5.06. The molecule has 0 aromatic heterocycles. The Morgan fingerprint density at radius 1 is 0.600 bits per heavy atom. The van der Waals surface area contributed by atoms with Crippen LogP contribution in [0.4, 0.5) is 0 Å². The molecular formula is C24H48N2O4. The molecule has 30 heavy (non-hydrogen) atoms. The standard InChI is InChI=1S/C24H48N2O4/c1-3-5-6-7-8-9-10-11-12-13-14-15-16-17-23(27)26-18-19-29-20-21-30-22-24(28)25-4-2/h3-22H2,1-2H3,(H,25,28)(H,26,27). The summed E-state index contributed by atoms with van der Waals surface area (Å²) in [4.78, 5) is 22.9. The SMILES string of the molecule is CCCCCCCCCCCCCCCC(=O)NCCOCCOCC(=O)NCC. The first-order chi connectivity index (χ1) is 14.7. The van der Waals surface area contributed by atoms with Crippen molar-refractivity contribution >= 4 is 11.8 Å². The van der Waals surface area contributed by atoms with Gasteiger partial charge in [0.25, 0.3) is 0 Å². The normalized spacial score (nSPS) is 10.9. The first-order valence-electron chi connectivity index (χ1n) is 12.4. The van der Waals surface area contributed by atoms with Crippen LogP contribution < -0.4 is 10.6 Å². The Morgan fingerprint density at radius 3 is 1.70 bits per heavy atom. The van der Waals surface area contributed by atoms with Gasteiger partial charge in [-0.2, -0.15) is 0 Å². The van der Waals surface area contributed by atoms with Gasteiger partial charge in [-0.1, -0.05) is 84.0 Å². The number of carbonyl (C=O) groups is 2. The Bertz CT molecular complexity index is 391. The van der Waals surface area contributed by atoms with Gasteiger partial charge >= 0.3 is 0 Å². The first kappa shape index (κ1) is 28.9. The number of carbonyl (C=O) groups excluding carboxylic acids is 2. The summed E-state index contributed by atoms with van der Waals surface area (Å²) >= 11 is 0. The second-order valence-electron chi connectivity index (χ2n) is 7.96. The van der Waals surface area contributed by atoms with Gasteiger partial charge in [0, 0.05) is 19.5 Å². The van der Waals surface area contributed by atoms with E-state index < -0.39 is 0 Å². The van der Waals surface area contributed by atoms with E-state index >= 15 is 0 Å². The van der Waals surface area contributed by atoms with Crippen LogP contribution in [-0.2, 0) is 19.1 Å². The van der Waals surface area contributed by atoms with Crippen LogP contribution >= 0.6 is 0 Å². The number of rotatable bonds is 23. The topological polar surface area (TPSA) is 76.7 Å². The maximum Gasteiger partial charge on any atom is 0.245 e. The van der Waals surface area contributed by atoms with Crippen LogP contribution in [0.3, 0.4) is 0 Å². The van der Waals surface area contributed by atoms with Crippen LogP contribution in [0.1, 0.15) is 104 Å². The van der Waals surface area contributed by atoms with E-state index in [2.05, 4.69) is 17.6 Å². The molecule has 0 radical (unpaired) electrons. The number of likely N-dealkylation sites (N-methyl/N-ethyl adjacent to an activating group) is 1. The Balaban J connectivity index is 3.19. The van der Waals surface area contributed by atoms with Crippen molar-refractivity contribution in [1.29, 1.82) is 0 Å². The molecule has 0 heterocycles. The van der Waals surface area contributed by atoms with E-state index in [1.807, 2.05) is 6.92 Å². The van der Waals surface area contributed by atoms with Crippen molar-refractivity contribution in [3.63, 3.8) is 0 Å². The van der Waals surface area contributed by atoms with Crippen molar-refractivity contribution in [3.05, 3.63) is 0 Å². The monoisotopic (exact) mass is 428 g/mol. The third kappa shape index (κ3) is 23.1. The highest BCUT2D eigenvalue weighted by Gasteiger charge is 2.01. The van der Waals surface area contributed by atoms with Crippen LogP contribution in [0, 0.1) is 0 Å². The summed E-state index contributed by atoms with van der Waals surface area (Å²) in [5.74, 6) is -0.00732. The molecule has 0 unspecified atom stereocenters. The zero-order valence-electron chi connectivity index (χ0n) is 19.8. The Kier molecular flexibility index (Phi) is 23.2. The predicted octanol–water partition coefficient (Wildman–Crippen LogP) is 4.75. The second-order valence-corrected chi connectivity index (χ2v) is 7.96. The molecule has 0 aromatic carbocycles. The smallest absolute Gasteiger partial charge is 0.245 e. The molecular weight excluding hydrogens is 380 g/mol. The number of unbranched alkanes of at least 4 members (excludes halogenated alkanes) is 12. The second kappa shape index (κ2) is 24.1. The van der Waals surface area contributed by atoms with Crippen molar-refractivity contribution in [3.8, 4) is 0 Å².